The first-order valence-electron chi connectivity index (χ1n) is 7.34. The number of rotatable bonds is 5. The normalized spacial score (nSPS) is 24.1. The molecule has 2 aliphatic heterocycles. The summed E-state index contributed by atoms with van der Waals surface area (Å²) in [5.41, 5.74) is 0. The van der Waals surface area contributed by atoms with Gasteiger partial charge in [-0.3, -0.25) is 9.59 Å². The molecule has 2 saturated heterocycles. The summed E-state index contributed by atoms with van der Waals surface area (Å²) >= 11 is 0. The maximum absolute atomic E-state index is 12.0. The fraction of sp³-hybridized carbons (Fsp3) is 0.786. The molecule has 6 nitrogen and oxygen atoms in total. The molecule has 0 aliphatic carbocycles. The van der Waals surface area contributed by atoms with Crippen molar-refractivity contribution in [1.82, 2.24) is 9.80 Å². The average Bonchev–Trinajstić information content (AvgIpc) is 2.90. The van der Waals surface area contributed by atoms with Crippen molar-refractivity contribution >= 4 is 17.7 Å². The number of piperidine rings is 1. The molecule has 2 rings (SSSR count). The number of likely N-dealkylation sites (tertiary alicyclic amines) is 2. The largest absolute Gasteiger partial charge is 0.480 e. The maximum Gasteiger partial charge on any atom is 0.326 e. The van der Waals surface area contributed by atoms with Gasteiger partial charge < -0.3 is 14.9 Å². The van der Waals surface area contributed by atoms with E-state index in [4.69, 9.17) is 5.11 Å². The van der Waals surface area contributed by atoms with Crippen LogP contribution < -0.4 is 0 Å². The Morgan fingerprint density at radius 3 is 2.55 bits per heavy atom. The average molecular weight is 282 g/mol. The second kappa shape index (κ2) is 6.83. The van der Waals surface area contributed by atoms with Crippen LogP contribution in [0.2, 0.25) is 0 Å². The highest BCUT2D eigenvalue weighted by Crippen LogP contribution is 2.19. The van der Waals surface area contributed by atoms with Crippen LogP contribution in [0.25, 0.3) is 0 Å². The number of carbonyl (C=O) groups is 3. The minimum atomic E-state index is -0.898. The van der Waals surface area contributed by atoms with Crippen molar-refractivity contribution in [3.05, 3.63) is 0 Å². The van der Waals surface area contributed by atoms with E-state index in [9.17, 15) is 14.4 Å². The fourth-order valence-corrected chi connectivity index (χ4v) is 2.95. The fourth-order valence-electron chi connectivity index (χ4n) is 2.95. The van der Waals surface area contributed by atoms with E-state index in [0.717, 1.165) is 32.5 Å². The molecule has 0 radical (unpaired) electrons. The second-order valence-corrected chi connectivity index (χ2v) is 5.57. The van der Waals surface area contributed by atoms with Crippen molar-refractivity contribution in [3.8, 4) is 0 Å². The van der Waals surface area contributed by atoms with Crippen LogP contribution in [-0.4, -0.2) is 64.8 Å². The van der Waals surface area contributed by atoms with E-state index in [-0.39, 0.29) is 5.91 Å². The highest BCUT2D eigenvalue weighted by molar-refractivity contribution is 5.84. The molecule has 2 fully saturated rings. The number of Topliss-reactive ketones (excluding diaryl/α,β-unsaturated/α-hetero) is 1. The number of nitrogens with zero attached hydrogens (tertiary/aromatic N) is 2. The highest BCUT2D eigenvalue weighted by atomic mass is 16.4. The number of ketones is 1. The molecule has 112 valence electrons. The molecule has 0 aromatic heterocycles. The summed E-state index contributed by atoms with van der Waals surface area (Å²) in [5, 5.41) is 9.05. The van der Waals surface area contributed by atoms with Gasteiger partial charge in [-0.2, -0.15) is 0 Å². The number of carboxylic acid groups (broad SMARTS) is 1. The Labute approximate surface area is 118 Å². The molecule has 1 unspecified atom stereocenters. The summed E-state index contributed by atoms with van der Waals surface area (Å²) < 4.78 is 0. The number of carboxylic acids is 1. The van der Waals surface area contributed by atoms with Gasteiger partial charge in [0.15, 0.2) is 0 Å². The third-order valence-electron chi connectivity index (χ3n) is 4.14. The summed E-state index contributed by atoms with van der Waals surface area (Å²) in [6.07, 6.45) is 3.69. The molecule has 20 heavy (non-hydrogen) atoms. The Balaban J connectivity index is 1.70. The number of hydrogen-bond acceptors (Lipinski definition) is 4. The molecule has 1 atom stereocenters. The van der Waals surface area contributed by atoms with E-state index >= 15 is 0 Å². The maximum atomic E-state index is 12.0. The molecule has 1 N–H and O–H groups in total. The van der Waals surface area contributed by atoms with Crippen LogP contribution in [0.1, 0.15) is 38.5 Å². The Morgan fingerprint density at radius 1 is 1.20 bits per heavy atom. The lowest BCUT2D eigenvalue weighted by atomic mass is 10.1. The van der Waals surface area contributed by atoms with Gasteiger partial charge in [-0.05, 0) is 25.8 Å². The predicted octanol–water partition coefficient (Wildman–Crippen LogP) is 0.507. The Kier molecular flexibility index (Phi) is 5.11. The van der Waals surface area contributed by atoms with E-state index < -0.39 is 12.0 Å². The summed E-state index contributed by atoms with van der Waals surface area (Å²) in [6, 6.07) is -0.630. The van der Waals surface area contributed by atoms with Gasteiger partial charge in [0.1, 0.15) is 11.8 Å². The lowest BCUT2D eigenvalue weighted by Gasteiger charge is -2.26. The minimum Gasteiger partial charge on any atom is -0.480 e. The van der Waals surface area contributed by atoms with Gasteiger partial charge in [0, 0.05) is 38.9 Å². The van der Waals surface area contributed by atoms with Gasteiger partial charge in [-0.1, -0.05) is 0 Å². The van der Waals surface area contributed by atoms with Crippen LogP contribution in [0.4, 0.5) is 0 Å². The molecule has 0 aromatic rings. The number of amides is 1. The van der Waals surface area contributed by atoms with E-state index in [1.807, 2.05) is 0 Å². The molecular formula is C14H22N2O4. The third kappa shape index (κ3) is 3.79. The summed E-state index contributed by atoms with van der Waals surface area (Å²) in [5.74, 6) is -0.632. The molecule has 2 aliphatic rings. The van der Waals surface area contributed by atoms with Crippen molar-refractivity contribution in [3.63, 3.8) is 0 Å². The Hall–Kier alpha value is -1.43. The molecule has 2 heterocycles. The lowest BCUT2D eigenvalue weighted by molar-refractivity contribution is -0.148. The lowest BCUT2D eigenvalue weighted by Crippen LogP contribution is -2.41. The molecule has 0 spiro atoms. The van der Waals surface area contributed by atoms with E-state index in [1.54, 1.807) is 0 Å². The first-order chi connectivity index (χ1) is 9.58. The Morgan fingerprint density at radius 2 is 1.90 bits per heavy atom. The third-order valence-corrected chi connectivity index (χ3v) is 4.14. The van der Waals surface area contributed by atoms with Crippen LogP contribution in [0.15, 0.2) is 0 Å². The van der Waals surface area contributed by atoms with Crippen molar-refractivity contribution in [2.45, 2.75) is 44.6 Å². The van der Waals surface area contributed by atoms with Crippen LogP contribution in [0, 0.1) is 0 Å². The van der Waals surface area contributed by atoms with Crippen LogP contribution in [0.3, 0.4) is 0 Å². The molecular weight excluding hydrogens is 260 g/mol. The van der Waals surface area contributed by atoms with Crippen molar-refractivity contribution in [2.24, 2.45) is 0 Å². The van der Waals surface area contributed by atoms with Gasteiger partial charge in [0.2, 0.25) is 5.91 Å². The zero-order chi connectivity index (χ0) is 14.5. The van der Waals surface area contributed by atoms with E-state index in [2.05, 4.69) is 4.90 Å². The van der Waals surface area contributed by atoms with Crippen molar-refractivity contribution in [2.75, 3.05) is 26.2 Å². The van der Waals surface area contributed by atoms with Gasteiger partial charge >= 0.3 is 5.97 Å². The number of carbonyl (C=O) groups excluding carboxylic acids is 2. The smallest absolute Gasteiger partial charge is 0.326 e. The zero-order valence-corrected chi connectivity index (χ0v) is 11.7. The summed E-state index contributed by atoms with van der Waals surface area (Å²) in [6.45, 7) is 2.95. The zero-order valence-electron chi connectivity index (χ0n) is 11.7. The molecule has 0 aromatic carbocycles. The molecule has 6 heteroatoms. The topological polar surface area (TPSA) is 77.9 Å². The quantitative estimate of drug-likeness (QED) is 0.795. The Bertz CT molecular complexity index is 387. The van der Waals surface area contributed by atoms with Gasteiger partial charge in [-0.15, -0.1) is 0 Å². The number of hydrogen-bond donors (Lipinski definition) is 1. The monoisotopic (exact) mass is 282 g/mol. The van der Waals surface area contributed by atoms with Crippen LogP contribution in [0.5, 0.6) is 0 Å². The van der Waals surface area contributed by atoms with E-state index in [0.29, 0.717) is 38.0 Å². The van der Waals surface area contributed by atoms with Crippen LogP contribution in [-0.2, 0) is 14.4 Å². The molecule has 0 bridgehead atoms. The SMILES string of the molecule is O=C1CCN(CCCC(=O)N2CCCC2C(=O)O)CC1. The molecule has 0 saturated carbocycles. The van der Waals surface area contributed by atoms with Crippen LogP contribution >= 0.6 is 0 Å². The minimum absolute atomic E-state index is 0.0528. The standard InChI is InChI=1S/C14H22N2O4/c17-11-5-9-15(10-6-11)7-2-4-13(18)16-8-1-3-12(16)14(19)20/h12H,1-10H2,(H,19,20). The van der Waals surface area contributed by atoms with Crippen molar-refractivity contribution in [1.29, 1.82) is 0 Å². The first kappa shape index (κ1) is 15.0. The first-order valence-corrected chi connectivity index (χ1v) is 7.34. The van der Waals surface area contributed by atoms with Gasteiger partial charge in [0.25, 0.3) is 0 Å². The van der Waals surface area contributed by atoms with Crippen molar-refractivity contribution < 1.29 is 19.5 Å². The second-order valence-electron chi connectivity index (χ2n) is 5.57. The highest BCUT2D eigenvalue weighted by Gasteiger charge is 2.33. The van der Waals surface area contributed by atoms with Gasteiger partial charge in [0.05, 0.1) is 0 Å². The summed E-state index contributed by atoms with van der Waals surface area (Å²) in [4.78, 5) is 37.9. The van der Waals surface area contributed by atoms with Gasteiger partial charge in [-0.25, -0.2) is 4.79 Å². The van der Waals surface area contributed by atoms with E-state index in [1.165, 1.54) is 4.90 Å². The molecule has 1 amide bonds. The summed E-state index contributed by atoms with van der Waals surface area (Å²) in [7, 11) is 0. The number of aliphatic carboxylic acids is 1. The predicted molar refractivity (Wildman–Crippen MR) is 72.3 cm³/mol.